The van der Waals surface area contributed by atoms with Gasteiger partial charge in [-0.15, -0.1) is 11.3 Å². The number of carbonyl (C=O) groups excluding carboxylic acids is 2. The number of rotatable bonds is 6. The van der Waals surface area contributed by atoms with Crippen molar-refractivity contribution in [3.8, 4) is 0 Å². The van der Waals surface area contributed by atoms with Gasteiger partial charge in [0.25, 0.3) is 12.4 Å². The van der Waals surface area contributed by atoms with Crippen molar-refractivity contribution in [2.24, 2.45) is 0 Å². The molecule has 2 aromatic rings. The van der Waals surface area contributed by atoms with Gasteiger partial charge in [0.05, 0.1) is 11.7 Å². The Labute approximate surface area is 178 Å². The first-order chi connectivity index (χ1) is 14.4. The second kappa shape index (κ2) is 11.3. The maximum absolute atomic E-state index is 12.8. The Bertz CT molecular complexity index is 843. The highest BCUT2D eigenvalue weighted by Crippen LogP contribution is 2.32. The van der Waals surface area contributed by atoms with Gasteiger partial charge >= 0.3 is 0 Å². The average Bonchev–Trinajstić information content (AvgIpc) is 3.13. The average molecular weight is 435 g/mol. The molecule has 162 valence electrons. The number of nitrogens with two attached hydrogens (primary N) is 1. The number of amides is 2. The van der Waals surface area contributed by atoms with Crippen molar-refractivity contribution < 1.29 is 24.2 Å². The number of anilines is 1. The van der Waals surface area contributed by atoms with Crippen molar-refractivity contribution >= 4 is 34.8 Å². The standard InChI is InChI=1S/C19H24N4O3S.CH2O2/c1-12(2)23-15(24)10-26-17(16(23)13-6-4-3-5-7-13)18(25)21-9-8-14-11-27-19(20)22-14;2-1-3/h3-7,11-12,16-17H,8-10H2,1-2H3,(H2,20,22)(H,21,25);1H,(H,2,3)/t16-,17+;/m1./s1. The number of hydrogen-bond acceptors (Lipinski definition) is 7. The first-order valence-corrected chi connectivity index (χ1v) is 10.3. The zero-order chi connectivity index (χ0) is 22.1. The molecule has 1 aliphatic rings. The molecule has 0 spiro atoms. The second-order valence-electron chi connectivity index (χ2n) is 6.81. The normalized spacial score (nSPS) is 18.5. The minimum Gasteiger partial charge on any atom is -0.483 e. The molecular formula is C20H26N4O5S. The maximum Gasteiger partial charge on any atom is 0.290 e. The largest absolute Gasteiger partial charge is 0.483 e. The van der Waals surface area contributed by atoms with Crippen LogP contribution in [0.5, 0.6) is 0 Å². The molecule has 0 radical (unpaired) electrons. The summed E-state index contributed by atoms with van der Waals surface area (Å²) in [6, 6.07) is 9.04. The number of thiazole rings is 1. The van der Waals surface area contributed by atoms with Crippen LogP contribution < -0.4 is 11.1 Å². The molecule has 0 bridgehead atoms. The Morgan fingerprint density at radius 3 is 2.67 bits per heavy atom. The lowest BCUT2D eigenvalue weighted by Gasteiger charge is -2.42. The molecule has 2 atom stereocenters. The minimum absolute atomic E-state index is 0.0418. The number of nitrogens with one attached hydrogen (secondary N) is 1. The van der Waals surface area contributed by atoms with Gasteiger partial charge in [-0.05, 0) is 19.4 Å². The van der Waals surface area contributed by atoms with Gasteiger partial charge in [0.1, 0.15) is 6.61 Å². The number of aromatic nitrogens is 1. The van der Waals surface area contributed by atoms with E-state index in [0.717, 1.165) is 11.3 Å². The van der Waals surface area contributed by atoms with Crippen LogP contribution >= 0.6 is 11.3 Å². The van der Waals surface area contributed by atoms with Crippen LogP contribution in [-0.2, 0) is 25.5 Å². The van der Waals surface area contributed by atoms with Gasteiger partial charge in [0.2, 0.25) is 5.91 Å². The third kappa shape index (κ3) is 6.01. The van der Waals surface area contributed by atoms with Crippen LogP contribution in [0, 0.1) is 0 Å². The van der Waals surface area contributed by atoms with E-state index in [1.807, 2.05) is 49.6 Å². The summed E-state index contributed by atoms with van der Waals surface area (Å²) >= 11 is 1.38. The summed E-state index contributed by atoms with van der Waals surface area (Å²) in [4.78, 5) is 39.6. The van der Waals surface area contributed by atoms with E-state index in [1.165, 1.54) is 11.3 Å². The number of hydrogen-bond donors (Lipinski definition) is 3. The molecule has 1 aromatic heterocycles. The predicted molar refractivity (Wildman–Crippen MR) is 113 cm³/mol. The fourth-order valence-electron chi connectivity index (χ4n) is 3.29. The van der Waals surface area contributed by atoms with E-state index >= 15 is 0 Å². The van der Waals surface area contributed by atoms with Crippen molar-refractivity contribution in [2.75, 3.05) is 18.9 Å². The highest BCUT2D eigenvalue weighted by molar-refractivity contribution is 7.13. The summed E-state index contributed by atoms with van der Waals surface area (Å²) in [5, 5.41) is 12.2. The van der Waals surface area contributed by atoms with Gasteiger partial charge in [0, 0.05) is 24.4 Å². The molecule has 4 N–H and O–H groups in total. The van der Waals surface area contributed by atoms with Gasteiger partial charge in [-0.25, -0.2) is 4.98 Å². The summed E-state index contributed by atoms with van der Waals surface area (Å²) in [5.74, 6) is -0.342. The molecule has 30 heavy (non-hydrogen) atoms. The van der Waals surface area contributed by atoms with Crippen molar-refractivity contribution in [3.63, 3.8) is 0 Å². The summed E-state index contributed by atoms with van der Waals surface area (Å²) in [6.45, 7) is 3.97. The molecule has 1 aliphatic heterocycles. The number of benzene rings is 1. The van der Waals surface area contributed by atoms with E-state index in [4.69, 9.17) is 20.4 Å². The van der Waals surface area contributed by atoms with Gasteiger partial charge in [-0.3, -0.25) is 14.4 Å². The van der Waals surface area contributed by atoms with E-state index in [0.29, 0.717) is 18.1 Å². The van der Waals surface area contributed by atoms with Crippen LogP contribution in [0.3, 0.4) is 0 Å². The number of carboxylic acid groups (broad SMARTS) is 1. The first kappa shape index (κ1) is 23.3. The highest BCUT2D eigenvalue weighted by Gasteiger charge is 2.42. The monoisotopic (exact) mass is 434 g/mol. The molecule has 0 saturated carbocycles. The van der Waals surface area contributed by atoms with Gasteiger partial charge in [0.15, 0.2) is 11.2 Å². The lowest BCUT2D eigenvalue weighted by atomic mass is 9.95. The van der Waals surface area contributed by atoms with E-state index in [2.05, 4.69) is 10.3 Å². The van der Waals surface area contributed by atoms with Crippen LogP contribution in [-0.4, -0.2) is 58.6 Å². The number of nitrogens with zero attached hydrogens (tertiary/aromatic N) is 2. The Hall–Kier alpha value is -2.98. The van der Waals surface area contributed by atoms with Crippen LogP contribution in [0.25, 0.3) is 0 Å². The minimum atomic E-state index is -0.756. The lowest BCUT2D eigenvalue weighted by molar-refractivity contribution is -0.167. The molecule has 2 amide bonds. The second-order valence-corrected chi connectivity index (χ2v) is 7.70. The van der Waals surface area contributed by atoms with Gasteiger partial charge in [-0.1, -0.05) is 30.3 Å². The molecule has 10 heteroatoms. The zero-order valence-corrected chi connectivity index (χ0v) is 17.7. The summed E-state index contributed by atoms with van der Waals surface area (Å²) in [6.07, 6.45) is -0.164. The highest BCUT2D eigenvalue weighted by atomic mass is 32.1. The lowest BCUT2D eigenvalue weighted by Crippen LogP contribution is -2.56. The quantitative estimate of drug-likeness (QED) is 0.586. The molecule has 1 fully saturated rings. The topological polar surface area (TPSA) is 135 Å². The fraction of sp³-hybridized carbons (Fsp3) is 0.400. The molecule has 0 aliphatic carbocycles. The zero-order valence-electron chi connectivity index (χ0n) is 16.9. The Morgan fingerprint density at radius 1 is 1.43 bits per heavy atom. The van der Waals surface area contributed by atoms with Crippen molar-refractivity contribution in [3.05, 3.63) is 47.0 Å². The summed E-state index contributed by atoms with van der Waals surface area (Å²) < 4.78 is 5.67. The fourth-order valence-corrected chi connectivity index (χ4v) is 3.89. The van der Waals surface area contributed by atoms with E-state index < -0.39 is 12.1 Å². The predicted octanol–water partition coefficient (Wildman–Crippen LogP) is 1.46. The third-order valence-electron chi connectivity index (χ3n) is 4.47. The smallest absolute Gasteiger partial charge is 0.290 e. The molecule has 2 heterocycles. The van der Waals surface area contributed by atoms with E-state index in [1.54, 1.807) is 4.90 Å². The molecule has 3 rings (SSSR count). The molecule has 0 unspecified atom stereocenters. The van der Waals surface area contributed by atoms with Crippen LogP contribution in [0.4, 0.5) is 5.13 Å². The van der Waals surface area contributed by atoms with E-state index in [-0.39, 0.29) is 30.9 Å². The Morgan fingerprint density at radius 2 is 2.10 bits per heavy atom. The summed E-state index contributed by atoms with van der Waals surface area (Å²) in [7, 11) is 0. The van der Waals surface area contributed by atoms with Crippen molar-refractivity contribution in [2.45, 2.75) is 38.5 Å². The van der Waals surface area contributed by atoms with Crippen LogP contribution in [0.2, 0.25) is 0 Å². The first-order valence-electron chi connectivity index (χ1n) is 9.42. The third-order valence-corrected chi connectivity index (χ3v) is 5.19. The number of carbonyl (C=O) groups is 3. The van der Waals surface area contributed by atoms with Gasteiger partial charge < -0.3 is 25.8 Å². The number of ether oxygens (including phenoxy) is 1. The molecule has 1 aromatic carbocycles. The number of morpholine rings is 1. The molecular weight excluding hydrogens is 408 g/mol. The molecule has 1 saturated heterocycles. The van der Waals surface area contributed by atoms with Crippen LogP contribution in [0.1, 0.15) is 31.1 Å². The Kier molecular flexibility index (Phi) is 8.75. The summed E-state index contributed by atoms with van der Waals surface area (Å²) in [5.41, 5.74) is 7.36. The SMILES string of the molecule is CC(C)N1C(=O)CO[C@H](C(=O)NCCc2csc(N)n2)[C@H]1c1ccccc1.O=CO. The Balaban J connectivity index is 0.00000101. The van der Waals surface area contributed by atoms with Crippen LogP contribution in [0.15, 0.2) is 35.7 Å². The van der Waals surface area contributed by atoms with E-state index in [9.17, 15) is 9.59 Å². The van der Waals surface area contributed by atoms with Crippen molar-refractivity contribution in [1.82, 2.24) is 15.2 Å². The molecule has 9 nitrogen and oxygen atoms in total. The van der Waals surface area contributed by atoms with Gasteiger partial charge in [-0.2, -0.15) is 0 Å². The maximum atomic E-state index is 12.8. The number of nitrogen functional groups attached to an aromatic ring is 1. The van der Waals surface area contributed by atoms with Crippen molar-refractivity contribution in [1.29, 1.82) is 0 Å².